The summed E-state index contributed by atoms with van der Waals surface area (Å²) in [5, 5.41) is 5.21. The van der Waals surface area contributed by atoms with Gasteiger partial charge in [-0.05, 0) is 12.1 Å². The number of thiazole rings is 1. The van der Waals surface area contributed by atoms with Crippen molar-refractivity contribution in [2.45, 2.75) is 0 Å². The van der Waals surface area contributed by atoms with E-state index < -0.39 is 29.0 Å². The summed E-state index contributed by atoms with van der Waals surface area (Å²) in [4.78, 5) is 15.8. The van der Waals surface area contributed by atoms with Crippen LogP contribution in [0, 0.1) is 17.5 Å². The second kappa shape index (κ2) is 5.37. The SMILES string of the molecule is CNc1nc(N)c(C(=O)Nc2ccc(F)c(F)c2F)s1. The van der Waals surface area contributed by atoms with Crippen molar-refractivity contribution in [3.63, 3.8) is 0 Å². The number of hydrogen-bond donors (Lipinski definition) is 3. The van der Waals surface area contributed by atoms with Crippen LogP contribution in [-0.2, 0) is 0 Å². The second-order valence-corrected chi connectivity index (χ2v) is 4.66. The van der Waals surface area contributed by atoms with Gasteiger partial charge in [0.25, 0.3) is 5.91 Å². The molecular weight excluding hydrogens is 293 g/mol. The Balaban J connectivity index is 2.28. The van der Waals surface area contributed by atoms with Crippen molar-refractivity contribution in [1.29, 1.82) is 0 Å². The third-order valence-electron chi connectivity index (χ3n) is 2.36. The maximum Gasteiger partial charge on any atom is 0.269 e. The fraction of sp³-hybridized carbons (Fsp3) is 0.0909. The molecule has 0 aliphatic rings. The lowest BCUT2D eigenvalue weighted by atomic mass is 10.2. The molecule has 0 saturated heterocycles. The molecule has 4 N–H and O–H groups in total. The van der Waals surface area contributed by atoms with Crippen molar-refractivity contribution in [1.82, 2.24) is 4.98 Å². The van der Waals surface area contributed by atoms with Crippen LogP contribution in [0.5, 0.6) is 0 Å². The first-order valence-corrected chi connectivity index (χ1v) is 6.14. The van der Waals surface area contributed by atoms with E-state index in [0.29, 0.717) is 11.2 Å². The molecule has 0 spiro atoms. The van der Waals surface area contributed by atoms with E-state index in [0.717, 1.165) is 17.4 Å². The van der Waals surface area contributed by atoms with Crippen molar-refractivity contribution in [3.8, 4) is 0 Å². The lowest BCUT2D eigenvalue weighted by Crippen LogP contribution is -2.14. The highest BCUT2D eigenvalue weighted by Crippen LogP contribution is 2.26. The molecule has 0 unspecified atom stereocenters. The summed E-state index contributed by atoms with van der Waals surface area (Å²) in [7, 11) is 1.59. The van der Waals surface area contributed by atoms with Crippen LogP contribution in [0.15, 0.2) is 12.1 Å². The third-order valence-corrected chi connectivity index (χ3v) is 3.44. The van der Waals surface area contributed by atoms with Gasteiger partial charge in [0.05, 0.1) is 5.69 Å². The van der Waals surface area contributed by atoms with Gasteiger partial charge in [0.15, 0.2) is 22.6 Å². The van der Waals surface area contributed by atoms with Crippen molar-refractivity contribution < 1.29 is 18.0 Å². The number of nitrogens with two attached hydrogens (primary N) is 1. The molecular formula is C11H9F3N4OS. The number of nitrogens with one attached hydrogen (secondary N) is 2. The van der Waals surface area contributed by atoms with E-state index in [1.165, 1.54) is 0 Å². The Morgan fingerprint density at radius 3 is 2.60 bits per heavy atom. The summed E-state index contributed by atoms with van der Waals surface area (Å²) in [5.41, 5.74) is 5.06. The van der Waals surface area contributed by atoms with Crippen molar-refractivity contribution in [2.24, 2.45) is 0 Å². The molecule has 5 nitrogen and oxygen atoms in total. The minimum atomic E-state index is -1.66. The molecule has 2 rings (SSSR count). The summed E-state index contributed by atoms with van der Waals surface area (Å²) in [5.74, 6) is -5.27. The van der Waals surface area contributed by atoms with Gasteiger partial charge >= 0.3 is 0 Å². The lowest BCUT2D eigenvalue weighted by Gasteiger charge is -2.06. The van der Waals surface area contributed by atoms with Gasteiger partial charge in [0.2, 0.25) is 0 Å². The van der Waals surface area contributed by atoms with Gasteiger partial charge in [-0.1, -0.05) is 11.3 Å². The van der Waals surface area contributed by atoms with Crippen LogP contribution in [-0.4, -0.2) is 17.9 Å². The minimum Gasteiger partial charge on any atom is -0.382 e. The van der Waals surface area contributed by atoms with Crippen molar-refractivity contribution >= 4 is 33.9 Å². The van der Waals surface area contributed by atoms with Crippen LogP contribution in [0.3, 0.4) is 0 Å². The zero-order chi connectivity index (χ0) is 14.9. The first kappa shape index (κ1) is 14.1. The molecule has 1 amide bonds. The Kier molecular flexibility index (Phi) is 3.79. The smallest absolute Gasteiger partial charge is 0.269 e. The van der Waals surface area contributed by atoms with Crippen LogP contribution in [0.4, 0.5) is 29.8 Å². The average Bonchev–Trinajstić information content (AvgIpc) is 2.81. The number of benzene rings is 1. The number of hydrogen-bond acceptors (Lipinski definition) is 5. The molecule has 1 heterocycles. The molecule has 1 aromatic heterocycles. The summed E-state index contributed by atoms with van der Waals surface area (Å²) >= 11 is 0.951. The molecule has 0 bridgehead atoms. The highest BCUT2D eigenvalue weighted by Gasteiger charge is 2.19. The highest BCUT2D eigenvalue weighted by molar-refractivity contribution is 7.18. The molecule has 0 aliphatic carbocycles. The van der Waals surface area contributed by atoms with E-state index in [1.807, 2.05) is 0 Å². The van der Waals surface area contributed by atoms with Crippen LogP contribution in [0.2, 0.25) is 0 Å². The molecule has 0 saturated carbocycles. The molecule has 0 aliphatic heterocycles. The molecule has 2 aromatic rings. The Morgan fingerprint density at radius 1 is 1.30 bits per heavy atom. The van der Waals surface area contributed by atoms with E-state index in [9.17, 15) is 18.0 Å². The Morgan fingerprint density at radius 2 is 2.00 bits per heavy atom. The molecule has 20 heavy (non-hydrogen) atoms. The average molecular weight is 302 g/mol. The largest absolute Gasteiger partial charge is 0.382 e. The van der Waals surface area contributed by atoms with Gasteiger partial charge in [-0.3, -0.25) is 4.79 Å². The maximum atomic E-state index is 13.4. The monoisotopic (exact) mass is 302 g/mol. The fourth-order valence-electron chi connectivity index (χ4n) is 1.40. The van der Waals surface area contributed by atoms with E-state index >= 15 is 0 Å². The quantitative estimate of drug-likeness (QED) is 0.761. The van der Waals surface area contributed by atoms with Gasteiger partial charge in [-0.25, -0.2) is 18.2 Å². The molecule has 0 fully saturated rings. The van der Waals surface area contributed by atoms with Crippen LogP contribution < -0.4 is 16.4 Å². The van der Waals surface area contributed by atoms with Crippen molar-refractivity contribution in [3.05, 3.63) is 34.5 Å². The molecule has 0 radical (unpaired) electrons. The Hall–Kier alpha value is -2.29. The van der Waals surface area contributed by atoms with Gasteiger partial charge in [0.1, 0.15) is 10.7 Å². The van der Waals surface area contributed by atoms with Gasteiger partial charge < -0.3 is 16.4 Å². The number of halogens is 3. The van der Waals surface area contributed by atoms with Crippen LogP contribution in [0.1, 0.15) is 9.67 Å². The van der Waals surface area contributed by atoms with E-state index in [1.54, 1.807) is 7.05 Å². The van der Waals surface area contributed by atoms with Crippen LogP contribution in [0.25, 0.3) is 0 Å². The number of rotatable bonds is 3. The van der Waals surface area contributed by atoms with E-state index in [4.69, 9.17) is 5.73 Å². The number of carbonyl (C=O) groups is 1. The molecule has 9 heteroatoms. The molecule has 0 atom stereocenters. The standard InChI is InChI=1S/C11H9F3N4OS/c1-16-11-18-9(15)8(20-11)10(19)17-5-3-2-4(12)6(13)7(5)14/h2-3H,15H2,1H3,(H,16,18)(H,17,19). The lowest BCUT2D eigenvalue weighted by molar-refractivity contribution is 0.103. The number of anilines is 3. The van der Waals surface area contributed by atoms with Crippen molar-refractivity contribution in [2.75, 3.05) is 23.4 Å². The summed E-state index contributed by atoms with van der Waals surface area (Å²) in [6.45, 7) is 0. The first-order valence-electron chi connectivity index (χ1n) is 5.33. The second-order valence-electron chi connectivity index (χ2n) is 3.66. The summed E-state index contributed by atoms with van der Waals surface area (Å²) < 4.78 is 39.2. The van der Waals surface area contributed by atoms with E-state index in [-0.39, 0.29) is 10.7 Å². The maximum absolute atomic E-state index is 13.4. The summed E-state index contributed by atoms with van der Waals surface area (Å²) in [6.07, 6.45) is 0. The normalized spacial score (nSPS) is 10.4. The Bertz CT molecular complexity index is 674. The molecule has 1 aromatic carbocycles. The zero-order valence-corrected chi connectivity index (χ0v) is 10.9. The predicted molar refractivity (Wildman–Crippen MR) is 70.3 cm³/mol. The molecule has 106 valence electrons. The van der Waals surface area contributed by atoms with E-state index in [2.05, 4.69) is 15.6 Å². The topological polar surface area (TPSA) is 80.0 Å². The predicted octanol–water partition coefficient (Wildman–Crippen LogP) is 2.44. The first-order chi connectivity index (χ1) is 9.43. The zero-order valence-electron chi connectivity index (χ0n) is 10.1. The number of carbonyl (C=O) groups excluding carboxylic acids is 1. The number of nitrogens with zero attached hydrogens (tertiary/aromatic N) is 1. The van der Waals surface area contributed by atoms with Gasteiger partial charge in [-0.2, -0.15) is 0 Å². The van der Waals surface area contributed by atoms with Gasteiger partial charge in [0, 0.05) is 7.05 Å². The number of aromatic nitrogens is 1. The third kappa shape index (κ3) is 2.52. The number of nitrogen functional groups attached to an aromatic ring is 1. The fourth-order valence-corrected chi connectivity index (χ4v) is 2.14. The highest BCUT2D eigenvalue weighted by atomic mass is 32.1. The minimum absolute atomic E-state index is 0.0403. The summed E-state index contributed by atoms with van der Waals surface area (Å²) in [6, 6.07) is 1.63. The van der Waals surface area contributed by atoms with Gasteiger partial charge in [-0.15, -0.1) is 0 Å². The number of amides is 1. The Labute approximate surface area is 115 Å². The van der Waals surface area contributed by atoms with Crippen LogP contribution >= 0.6 is 11.3 Å².